The van der Waals surface area contributed by atoms with Gasteiger partial charge in [0.25, 0.3) is 0 Å². The predicted octanol–water partition coefficient (Wildman–Crippen LogP) is 2.93. The Morgan fingerprint density at radius 1 is 0.650 bits per heavy atom. The summed E-state index contributed by atoms with van der Waals surface area (Å²) in [7, 11) is 1.71. The fourth-order valence-electron chi connectivity index (χ4n) is 4.28. The Kier molecular flexibility index (Phi) is 15.6. The van der Waals surface area contributed by atoms with Gasteiger partial charge in [-0.05, 0) is 22.3 Å². The van der Waals surface area contributed by atoms with Crippen molar-refractivity contribution >= 4 is 6.09 Å². The van der Waals surface area contributed by atoms with Crippen LogP contribution in [-0.4, -0.2) is 117 Å². The molecular formula is C30H44N2O8. The second kappa shape index (κ2) is 19.5. The van der Waals surface area contributed by atoms with Crippen molar-refractivity contribution in [3.63, 3.8) is 0 Å². The van der Waals surface area contributed by atoms with Crippen molar-refractivity contribution in [2.45, 2.75) is 5.92 Å². The lowest BCUT2D eigenvalue weighted by Gasteiger charge is -2.19. The summed E-state index contributed by atoms with van der Waals surface area (Å²) >= 11 is 0. The van der Waals surface area contributed by atoms with Gasteiger partial charge in [0.1, 0.15) is 6.61 Å². The van der Waals surface area contributed by atoms with Gasteiger partial charge in [0.2, 0.25) is 0 Å². The van der Waals surface area contributed by atoms with Crippen LogP contribution in [0.15, 0.2) is 48.5 Å². The van der Waals surface area contributed by atoms with Gasteiger partial charge in [-0.2, -0.15) is 0 Å². The molecule has 1 aliphatic carbocycles. The Morgan fingerprint density at radius 2 is 1.05 bits per heavy atom. The SMILES string of the molecule is CN(CCOCCOCCOCCOCCOCCOCCN)C(=O)OCC1c2ccccc2-c2ccccc21. The number of carbonyl (C=O) groups excluding carboxylic acids is 1. The van der Waals surface area contributed by atoms with E-state index in [4.69, 9.17) is 38.9 Å². The van der Waals surface area contributed by atoms with E-state index in [-0.39, 0.29) is 12.0 Å². The maximum absolute atomic E-state index is 12.5. The molecule has 0 radical (unpaired) electrons. The van der Waals surface area contributed by atoms with Crippen molar-refractivity contribution in [3.8, 4) is 11.1 Å². The Hall–Kier alpha value is -2.57. The maximum atomic E-state index is 12.5. The van der Waals surface area contributed by atoms with Crippen LogP contribution >= 0.6 is 0 Å². The minimum atomic E-state index is -0.358. The molecule has 0 bridgehead atoms. The first-order valence-corrected chi connectivity index (χ1v) is 13.9. The average Bonchev–Trinajstić information content (AvgIpc) is 3.30. The number of benzene rings is 2. The lowest BCUT2D eigenvalue weighted by atomic mass is 9.98. The van der Waals surface area contributed by atoms with Crippen LogP contribution in [0.1, 0.15) is 17.0 Å². The Morgan fingerprint density at radius 3 is 1.50 bits per heavy atom. The molecule has 1 amide bonds. The minimum absolute atomic E-state index is 0.0480. The monoisotopic (exact) mass is 560 g/mol. The van der Waals surface area contributed by atoms with E-state index in [1.165, 1.54) is 27.2 Å². The second-order valence-corrected chi connectivity index (χ2v) is 9.19. The number of nitrogens with two attached hydrogens (primary N) is 1. The normalized spacial score (nSPS) is 12.3. The third-order valence-electron chi connectivity index (χ3n) is 6.34. The topological polar surface area (TPSA) is 111 Å². The fraction of sp³-hybridized carbons (Fsp3) is 0.567. The lowest BCUT2D eigenvalue weighted by molar-refractivity contribution is -0.0170. The summed E-state index contributed by atoms with van der Waals surface area (Å²) in [6, 6.07) is 16.6. The third-order valence-corrected chi connectivity index (χ3v) is 6.34. The molecule has 0 fully saturated rings. The van der Waals surface area contributed by atoms with Crippen LogP contribution in [-0.2, 0) is 33.2 Å². The summed E-state index contributed by atoms with van der Waals surface area (Å²) < 4.78 is 38.2. The smallest absolute Gasteiger partial charge is 0.409 e. The van der Waals surface area contributed by atoms with Crippen LogP contribution < -0.4 is 5.73 Å². The summed E-state index contributed by atoms with van der Waals surface area (Å²) in [5, 5.41) is 0. The minimum Gasteiger partial charge on any atom is -0.448 e. The molecule has 1 aliphatic rings. The molecule has 2 N–H and O–H groups in total. The van der Waals surface area contributed by atoms with Gasteiger partial charge in [-0.1, -0.05) is 48.5 Å². The highest BCUT2D eigenvalue weighted by molar-refractivity contribution is 5.79. The maximum Gasteiger partial charge on any atom is 0.409 e. The zero-order valence-electron chi connectivity index (χ0n) is 23.6. The number of likely N-dealkylation sites (N-methyl/N-ethyl adjacent to an activating group) is 1. The molecule has 3 rings (SSSR count). The van der Waals surface area contributed by atoms with Crippen LogP contribution in [0.25, 0.3) is 11.1 Å². The molecule has 0 atom stereocenters. The number of carbonyl (C=O) groups is 1. The Labute approximate surface area is 237 Å². The largest absolute Gasteiger partial charge is 0.448 e. The van der Waals surface area contributed by atoms with Crippen LogP contribution in [0.4, 0.5) is 4.79 Å². The number of fused-ring (bicyclic) bond motifs is 3. The van der Waals surface area contributed by atoms with Crippen molar-refractivity contribution in [2.75, 3.05) is 106 Å². The van der Waals surface area contributed by atoms with Gasteiger partial charge in [-0.3, -0.25) is 0 Å². The zero-order valence-corrected chi connectivity index (χ0v) is 23.6. The first-order valence-electron chi connectivity index (χ1n) is 13.9. The molecule has 0 aromatic heterocycles. The number of ether oxygens (including phenoxy) is 7. The highest BCUT2D eigenvalue weighted by Crippen LogP contribution is 2.44. The van der Waals surface area contributed by atoms with Crippen molar-refractivity contribution < 1.29 is 38.0 Å². The molecule has 2 aromatic carbocycles. The number of rotatable bonds is 22. The molecule has 40 heavy (non-hydrogen) atoms. The quantitative estimate of drug-likeness (QED) is 0.217. The van der Waals surface area contributed by atoms with E-state index < -0.39 is 0 Å². The second-order valence-electron chi connectivity index (χ2n) is 9.19. The molecule has 2 aromatic rings. The van der Waals surface area contributed by atoms with Crippen molar-refractivity contribution in [1.82, 2.24) is 4.90 Å². The van der Waals surface area contributed by atoms with E-state index in [0.717, 1.165) is 0 Å². The van der Waals surface area contributed by atoms with E-state index >= 15 is 0 Å². The highest BCUT2D eigenvalue weighted by Gasteiger charge is 2.29. The van der Waals surface area contributed by atoms with Gasteiger partial charge in [-0.15, -0.1) is 0 Å². The Bertz CT molecular complexity index is 931. The van der Waals surface area contributed by atoms with Crippen LogP contribution in [0.2, 0.25) is 0 Å². The van der Waals surface area contributed by atoms with Crippen molar-refractivity contribution in [2.24, 2.45) is 5.73 Å². The fourth-order valence-corrected chi connectivity index (χ4v) is 4.28. The van der Waals surface area contributed by atoms with E-state index in [2.05, 4.69) is 24.3 Å². The first-order chi connectivity index (χ1) is 19.7. The number of hydrogen-bond donors (Lipinski definition) is 1. The summed E-state index contributed by atoms with van der Waals surface area (Å²) in [6.45, 7) is 7.23. The highest BCUT2D eigenvalue weighted by atomic mass is 16.6. The number of amides is 1. The van der Waals surface area contributed by atoms with Crippen LogP contribution in [0.5, 0.6) is 0 Å². The molecule has 0 aliphatic heterocycles. The molecule has 0 saturated heterocycles. The van der Waals surface area contributed by atoms with Crippen LogP contribution in [0.3, 0.4) is 0 Å². The van der Waals surface area contributed by atoms with Gasteiger partial charge in [-0.25, -0.2) is 4.79 Å². The van der Waals surface area contributed by atoms with Gasteiger partial charge in [0.05, 0.1) is 79.3 Å². The summed E-state index contributed by atoms with van der Waals surface area (Å²) in [4.78, 5) is 14.1. The summed E-state index contributed by atoms with van der Waals surface area (Å²) in [5.74, 6) is 0.0480. The lowest BCUT2D eigenvalue weighted by Crippen LogP contribution is -2.32. The van der Waals surface area contributed by atoms with Gasteiger partial charge >= 0.3 is 6.09 Å². The van der Waals surface area contributed by atoms with E-state index in [0.29, 0.717) is 99.0 Å². The van der Waals surface area contributed by atoms with Gasteiger partial charge in [0, 0.05) is 26.1 Å². The molecule has 222 valence electrons. The number of hydrogen-bond acceptors (Lipinski definition) is 9. The molecule has 0 spiro atoms. The van der Waals surface area contributed by atoms with Crippen molar-refractivity contribution in [1.29, 1.82) is 0 Å². The van der Waals surface area contributed by atoms with E-state index in [1.807, 2.05) is 24.3 Å². The molecule has 10 nitrogen and oxygen atoms in total. The molecule has 10 heteroatoms. The first kappa shape index (κ1) is 32.0. The molecule has 0 unspecified atom stereocenters. The zero-order chi connectivity index (χ0) is 28.3. The van der Waals surface area contributed by atoms with Crippen LogP contribution in [0, 0.1) is 0 Å². The van der Waals surface area contributed by atoms with Crippen molar-refractivity contribution in [3.05, 3.63) is 59.7 Å². The predicted molar refractivity (Wildman–Crippen MR) is 152 cm³/mol. The Balaban J connectivity index is 1.12. The van der Waals surface area contributed by atoms with Gasteiger partial charge in [0.15, 0.2) is 0 Å². The van der Waals surface area contributed by atoms with E-state index in [9.17, 15) is 4.79 Å². The molecule has 0 saturated carbocycles. The number of nitrogens with zero attached hydrogens (tertiary/aromatic N) is 1. The standard InChI is InChI=1S/C30H44N2O8/c1-32(30(33)40-24-29-27-8-4-2-6-25(27)26-7-3-5-9-28(26)29)11-13-35-15-17-37-19-21-39-23-22-38-20-18-36-16-14-34-12-10-31/h2-9,29H,10-24,31H2,1H3. The molecular weight excluding hydrogens is 516 g/mol. The van der Waals surface area contributed by atoms with E-state index in [1.54, 1.807) is 7.05 Å². The average molecular weight is 561 g/mol. The third kappa shape index (κ3) is 11.1. The summed E-state index contributed by atoms with van der Waals surface area (Å²) in [6.07, 6.45) is -0.358. The molecule has 0 heterocycles. The summed E-state index contributed by atoms with van der Waals surface area (Å²) in [5.41, 5.74) is 10.1. The van der Waals surface area contributed by atoms with Gasteiger partial charge < -0.3 is 43.8 Å².